The molecule has 0 saturated heterocycles. The van der Waals surface area contributed by atoms with Gasteiger partial charge in [0.2, 0.25) is 5.88 Å². The molecule has 0 aliphatic rings. The quantitative estimate of drug-likeness (QED) is 0.373. The smallest absolute Gasteiger partial charge is 0.333 e. The minimum absolute atomic E-state index is 0.0104. The van der Waals surface area contributed by atoms with Gasteiger partial charge in [-0.1, -0.05) is 35.9 Å². The number of nitrogens with zero attached hydrogens (tertiary/aromatic N) is 3. The van der Waals surface area contributed by atoms with Gasteiger partial charge in [-0.15, -0.1) is 11.8 Å². The van der Waals surface area contributed by atoms with Crippen molar-refractivity contribution in [2.45, 2.75) is 6.92 Å². The number of benzene rings is 2. The van der Waals surface area contributed by atoms with Crippen molar-refractivity contribution in [3.63, 3.8) is 0 Å². The summed E-state index contributed by atoms with van der Waals surface area (Å²) in [7, 11) is 2.78. The fourth-order valence-corrected chi connectivity index (χ4v) is 3.59. The van der Waals surface area contributed by atoms with Gasteiger partial charge in [-0.2, -0.15) is 0 Å². The van der Waals surface area contributed by atoms with Gasteiger partial charge in [0, 0.05) is 19.8 Å². The summed E-state index contributed by atoms with van der Waals surface area (Å²) < 4.78 is 7.73. The highest BCUT2D eigenvalue weighted by molar-refractivity contribution is 8.14. The van der Waals surface area contributed by atoms with Crippen LogP contribution in [-0.2, 0) is 14.1 Å². The second-order valence-corrected chi connectivity index (χ2v) is 7.75. The maximum absolute atomic E-state index is 12.7. The summed E-state index contributed by atoms with van der Waals surface area (Å²) in [4.78, 5) is 29.4. The summed E-state index contributed by atoms with van der Waals surface area (Å²) in [6, 6.07) is 16.9. The summed E-state index contributed by atoms with van der Waals surface area (Å²) in [5, 5.41) is 10.8. The van der Waals surface area contributed by atoms with E-state index in [0.717, 1.165) is 20.4 Å². The van der Waals surface area contributed by atoms with Crippen LogP contribution in [0.4, 0.5) is 5.69 Å². The molecule has 0 spiro atoms. The van der Waals surface area contributed by atoms with Crippen LogP contribution in [0.5, 0.6) is 11.6 Å². The van der Waals surface area contributed by atoms with E-state index in [1.807, 2.05) is 49.4 Å². The van der Waals surface area contributed by atoms with Crippen LogP contribution in [0.2, 0.25) is 0 Å². The standard InChI is InChI=1S/C22H23N3O4S/c1-15-9-11-17(12-10-15)29-13-14-30-19(23-16-7-5-4-6-8-16)18-20(26)24(2)22(28)25(3)21(18)27/h4-12,26H,13-14H2,1-3H3. The van der Waals surface area contributed by atoms with Crippen LogP contribution in [0.3, 0.4) is 0 Å². The van der Waals surface area contributed by atoms with Crippen LogP contribution >= 0.6 is 11.8 Å². The van der Waals surface area contributed by atoms with E-state index in [1.165, 1.54) is 25.9 Å². The molecular weight excluding hydrogens is 402 g/mol. The van der Waals surface area contributed by atoms with E-state index in [0.29, 0.717) is 23.1 Å². The molecule has 0 fully saturated rings. The Morgan fingerprint density at radius 1 is 1.03 bits per heavy atom. The first-order chi connectivity index (χ1) is 14.4. The van der Waals surface area contributed by atoms with Crippen molar-refractivity contribution in [2.75, 3.05) is 12.4 Å². The van der Waals surface area contributed by atoms with Crippen LogP contribution < -0.4 is 16.0 Å². The van der Waals surface area contributed by atoms with Crippen LogP contribution in [0.15, 0.2) is 69.2 Å². The third-order valence-electron chi connectivity index (χ3n) is 4.45. The molecule has 0 radical (unpaired) electrons. The Morgan fingerprint density at radius 2 is 1.70 bits per heavy atom. The second kappa shape index (κ2) is 9.49. The zero-order valence-electron chi connectivity index (χ0n) is 17.0. The van der Waals surface area contributed by atoms with Crippen LogP contribution in [-0.4, -0.2) is 31.6 Å². The molecule has 0 atom stereocenters. The predicted octanol–water partition coefficient (Wildman–Crippen LogP) is 2.99. The first-order valence-corrected chi connectivity index (χ1v) is 10.3. The largest absolute Gasteiger partial charge is 0.494 e. The molecule has 1 aromatic heterocycles. The fraction of sp³-hybridized carbons (Fsp3) is 0.227. The summed E-state index contributed by atoms with van der Waals surface area (Å²) in [5.74, 6) is 0.832. The second-order valence-electron chi connectivity index (χ2n) is 6.67. The third kappa shape index (κ3) is 4.83. The molecule has 0 aliphatic heterocycles. The Labute approximate surface area is 178 Å². The van der Waals surface area contributed by atoms with Gasteiger partial charge >= 0.3 is 5.69 Å². The normalized spacial score (nSPS) is 11.5. The number of aliphatic imine (C=N–C) groups is 1. The highest BCUT2D eigenvalue weighted by atomic mass is 32.2. The first-order valence-electron chi connectivity index (χ1n) is 9.34. The Morgan fingerprint density at radius 3 is 2.37 bits per heavy atom. The molecule has 1 heterocycles. The molecule has 1 N–H and O–H groups in total. The predicted molar refractivity (Wildman–Crippen MR) is 120 cm³/mol. The van der Waals surface area contributed by atoms with Gasteiger partial charge < -0.3 is 9.84 Å². The van der Waals surface area contributed by atoms with Crippen LogP contribution in [0, 0.1) is 6.92 Å². The average Bonchev–Trinajstić information content (AvgIpc) is 2.75. The van der Waals surface area contributed by atoms with Gasteiger partial charge in [-0.3, -0.25) is 13.9 Å². The lowest BCUT2D eigenvalue weighted by atomic mass is 10.2. The number of aryl methyl sites for hydroxylation is 1. The molecule has 0 amide bonds. The minimum Gasteiger partial charge on any atom is -0.494 e. The Hall–Kier alpha value is -3.26. The first kappa shape index (κ1) is 21.4. The maximum atomic E-state index is 12.7. The van der Waals surface area contributed by atoms with E-state index in [2.05, 4.69) is 4.99 Å². The van der Waals surface area contributed by atoms with Crippen molar-refractivity contribution in [1.82, 2.24) is 9.13 Å². The highest BCUT2D eigenvalue weighted by Gasteiger charge is 2.20. The van der Waals surface area contributed by atoms with Crippen molar-refractivity contribution in [3.8, 4) is 11.6 Å². The summed E-state index contributed by atoms with van der Waals surface area (Å²) in [6.07, 6.45) is 0. The average molecular weight is 426 g/mol. The van der Waals surface area contributed by atoms with Crippen molar-refractivity contribution < 1.29 is 9.84 Å². The molecule has 8 heteroatoms. The van der Waals surface area contributed by atoms with Gasteiger partial charge in [-0.05, 0) is 31.2 Å². The Bertz CT molecular complexity index is 1170. The van der Waals surface area contributed by atoms with E-state index in [-0.39, 0.29) is 5.56 Å². The summed E-state index contributed by atoms with van der Waals surface area (Å²) in [5.41, 5.74) is 0.568. The van der Waals surface area contributed by atoms with E-state index in [1.54, 1.807) is 12.1 Å². The number of rotatable bonds is 6. The molecule has 3 aromatic rings. The number of thioether (sulfide) groups is 1. The Kier molecular flexibility index (Phi) is 6.79. The number of hydrogen-bond acceptors (Lipinski definition) is 6. The molecule has 30 heavy (non-hydrogen) atoms. The lowest BCUT2D eigenvalue weighted by molar-refractivity contribution is 0.344. The van der Waals surface area contributed by atoms with Gasteiger partial charge in [0.1, 0.15) is 16.4 Å². The van der Waals surface area contributed by atoms with Crippen molar-refractivity contribution >= 4 is 22.5 Å². The van der Waals surface area contributed by atoms with E-state index in [9.17, 15) is 14.7 Å². The zero-order chi connectivity index (χ0) is 21.7. The van der Waals surface area contributed by atoms with E-state index >= 15 is 0 Å². The molecule has 0 unspecified atom stereocenters. The van der Waals surface area contributed by atoms with Crippen LogP contribution in [0.25, 0.3) is 0 Å². The van der Waals surface area contributed by atoms with Crippen LogP contribution in [0.1, 0.15) is 11.1 Å². The van der Waals surface area contributed by atoms with Gasteiger partial charge in [0.05, 0.1) is 12.3 Å². The molecule has 3 rings (SSSR count). The number of aromatic nitrogens is 2. The van der Waals surface area contributed by atoms with E-state index in [4.69, 9.17) is 4.74 Å². The van der Waals surface area contributed by atoms with Crippen molar-refractivity contribution in [1.29, 1.82) is 0 Å². The number of para-hydroxylation sites is 1. The number of aromatic hydroxyl groups is 1. The van der Waals surface area contributed by atoms with Crippen molar-refractivity contribution in [2.24, 2.45) is 19.1 Å². The Balaban J connectivity index is 1.89. The number of ether oxygens (including phenoxy) is 1. The van der Waals surface area contributed by atoms with Gasteiger partial charge in [0.15, 0.2) is 0 Å². The SMILES string of the molecule is Cc1ccc(OCCSC(=Nc2ccccc2)c2c(O)n(C)c(=O)n(C)c2=O)cc1. The zero-order valence-corrected chi connectivity index (χ0v) is 17.8. The summed E-state index contributed by atoms with van der Waals surface area (Å²) in [6.45, 7) is 2.39. The molecular formula is C22H23N3O4S. The summed E-state index contributed by atoms with van der Waals surface area (Å²) >= 11 is 1.28. The monoisotopic (exact) mass is 425 g/mol. The molecule has 0 bridgehead atoms. The molecule has 2 aromatic carbocycles. The van der Waals surface area contributed by atoms with Gasteiger partial charge in [0.25, 0.3) is 5.56 Å². The molecule has 0 aliphatic carbocycles. The molecule has 0 saturated carbocycles. The fourth-order valence-electron chi connectivity index (χ4n) is 2.73. The maximum Gasteiger partial charge on any atom is 0.333 e. The van der Waals surface area contributed by atoms with Crippen molar-refractivity contribution in [3.05, 3.63) is 86.6 Å². The molecule has 7 nitrogen and oxygen atoms in total. The van der Waals surface area contributed by atoms with Gasteiger partial charge in [-0.25, -0.2) is 9.79 Å². The number of hydrogen-bond donors (Lipinski definition) is 1. The molecule has 156 valence electrons. The lowest BCUT2D eigenvalue weighted by Gasteiger charge is -2.13. The minimum atomic E-state index is -0.604. The lowest BCUT2D eigenvalue weighted by Crippen LogP contribution is -2.39. The third-order valence-corrected chi connectivity index (χ3v) is 5.39. The topological polar surface area (TPSA) is 85.8 Å². The van der Waals surface area contributed by atoms with E-state index < -0.39 is 17.1 Å². The highest BCUT2D eigenvalue weighted by Crippen LogP contribution is 2.23.